The van der Waals surface area contributed by atoms with Gasteiger partial charge in [0, 0.05) is 17.1 Å². The van der Waals surface area contributed by atoms with Gasteiger partial charge in [0.05, 0.1) is 11.2 Å². The summed E-state index contributed by atoms with van der Waals surface area (Å²) < 4.78 is 44.7. The molecule has 0 radical (unpaired) electrons. The lowest BCUT2D eigenvalue weighted by atomic mass is 9.78. The molecule has 6 heteroatoms. The van der Waals surface area contributed by atoms with Gasteiger partial charge in [-0.3, -0.25) is 0 Å². The van der Waals surface area contributed by atoms with Crippen LogP contribution >= 0.6 is 0 Å². The number of hydrogen-bond donors (Lipinski definition) is 0. The fraction of sp³-hybridized carbons (Fsp3) is 0.368. The first-order chi connectivity index (χ1) is 11.7. The molecule has 1 aliphatic rings. The Labute approximate surface area is 147 Å². The van der Waals surface area contributed by atoms with Gasteiger partial charge in [0.25, 0.3) is 0 Å². The lowest BCUT2D eigenvalue weighted by molar-refractivity contribution is 0.00578. The normalized spacial score (nSPS) is 18.4. The highest BCUT2D eigenvalue weighted by molar-refractivity contribution is 6.63. The van der Waals surface area contributed by atoms with E-state index in [1.165, 1.54) is 12.1 Å². The van der Waals surface area contributed by atoms with Crippen LogP contribution in [0.3, 0.4) is 0 Å². The van der Waals surface area contributed by atoms with Crippen LogP contribution in [0, 0.1) is 11.6 Å². The van der Waals surface area contributed by atoms with E-state index < -0.39 is 30.0 Å². The summed E-state index contributed by atoms with van der Waals surface area (Å²) in [6, 6.07) is 10.8. The van der Waals surface area contributed by atoms with Crippen molar-refractivity contribution in [3.8, 4) is 5.75 Å². The van der Waals surface area contributed by atoms with Crippen molar-refractivity contribution < 1.29 is 22.8 Å². The summed E-state index contributed by atoms with van der Waals surface area (Å²) in [5.41, 5.74) is 0.0931. The Morgan fingerprint density at radius 3 is 2.24 bits per heavy atom. The SMILES string of the molecule is CC1(C)OB(c2ccccc2OCc2ccc(F)cc2F)OC1(C)C. The van der Waals surface area contributed by atoms with Crippen molar-refractivity contribution in [1.29, 1.82) is 0 Å². The topological polar surface area (TPSA) is 27.7 Å². The number of hydrogen-bond acceptors (Lipinski definition) is 3. The van der Waals surface area contributed by atoms with Gasteiger partial charge in [-0.05, 0) is 45.9 Å². The van der Waals surface area contributed by atoms with Gasteiger partial charge in [-0.25, -0.2) is 8.78 Å². The van der Waals surface area contributed by atoms with Crippen LogP contribution in [0.4, 0.5) is 8.78 Å². The average molecular weight is 346 g/mol. The van der Waals surface area contributed by atoms with Crippen molar-refractivity contribution in [2.75, 3.05) is 0 Å². The van der Waals surface area contributed by atoms with E-state index in [-0.39, 0.29) is 12.2 Å². The van der Waals surface area contributed by atoms with Crippen molar-refractivity contribution in [3.05, 3.63) is 59.7 Å². The van der Waals surface area contributed by atoms with Crippen LogP contribution in [-0.2, 0) is 15.9 Å². The molecule has 0 bridgehead atoms. The lowest BCUT2D eigenvalue weighted by Gasteiger charge is -2.32. The molecule has 0 N–H and O–H groups in total. The fourth-order valence-electron chi connectivity index (χ4n) is 2.57. The van der Waals surface area contributed by atoms with E-state index in [0.29, 0.717) is 5.75 Å². The van der Waals surface area contributed by atoms with Crippen LogP contribution < -0.4 is 10.2 Å². The van der Waals surface area contributed by atoms with Crippen LogP contribution in [0.1, 0.15) is 33.3 Å². The molecule has 1 heterocycles. The predicted octanol–water partition coefficient (Wildman–Crippen LogP) is 3.84. The fourth-order valence-corrected chi connectivity index (χ4v) is 2.57. The van der Waals surface area contributed by atoms with Crippen molar-refractivity contribution in [2.24, 2.45) is 0 Å². The van der Waals surface area contributed by atoms with E-state index in [2.05, 4.69) is 0 Å². The Hall–Kier alpha value is -1.92. The largest absolute Gasteiger partial charge is 0.498 e. The Morgan fingerprint density at radius 1 is 0.960 bits per heavy atom. The molecule has 0 spiro atoms. The summed E-state index contributed by atoms with van der Waals surface area (Å²) >= 11 is 0. The van der Waals surface area contributed by atoms with Crippen molar-refractivity contribution in [1.82, 2.24) is 0 Å². The van der Waals surface area contributed by atoms with Gasteiger partial charge in [-0.1, -0.05) is 18.2 Å². The summed E-state index contributed by atoms with van der Waals surface area (Å²) in [6.45, 7) is 7.89. The molecule has 2 aromatic rings. The third-order valence-electron chi connectivity index (χ3n) is 4.82. The molecular formula is C19H21BF2O3. The average Bonchev–Trinajstić information content (AvgIpc) is 2.75. The Morgan fingerprint density at radius 2 is 1.60 bits per heavy atom. The van der Waals surface area contributed by atoms with Crippen molar-refractivity contribution >= 4 is 12.6 Å². The molecule has 0 aliphatic carbocycles. The minimum absolute atomic E-state index is 0.0113. The second-order valence-electron chi connectivity index (χ2n) is 7.15. The highest BCUT2D eigenvalue weighted by Gasteiger charge is 2.52. The van der Waals surface area contributed by atoms with E-state index in [0.717, 1.165) is 11.5 Å². The minimum atomic E-state index is -0.631. The molecule has 1 saturated heterocycles. The zero-order valence-electron chi connectivity index (χ0n) is 14.8. The van der Waals surface area contributed by atoms with Crippen LogP contribution in [0.15, 0.2) is 42.5 Å². The van der Waals surface area contributed by atoms with Gasteiger partial charge in [0.15, 0.2) is 0 Å². The summed E-state index contributed by atoms with van der Waals surface area (Å²) in [5, 5.41) is 0. The van der Waals surface area contributed by atoms with Crippen LogP contribution in [0.5, 0.6) is 5.75 Å². The molecule has 2 aromatic carbocycles. The Balaban J connectivity index is 1.80. The van der Waals surface area contributed by atoms with E-state index in [1.54, 1.807) is 6.07 Å². The molecule has 3 nitrogen and oxygen atoms in total. The van der Waals surface area contributed by atoms with Gasteiger partial charge in [-0.2, -0.15) is 0 Å². The standard InChI is InChI=1S/C19H21BF2O3/c1-18(2)19(3,4)25-20(24-18)15-7-5-6-8-17(15)23-12-13-9-10-14(21)11-16(13)22/h5-11H,12H2,1-4H3. The third-order valence-corrected chi connectivity index (χ3v) is 4.82. The number of rotatable bonds is 4. The van der Waals surface area contributed by atoms with Gasteiger partial charge in [0.1, 0.15) is 24.0 Å². The van der Waals surface area contributed by atoms with Crippen molar-refractivity contribution in [3.63, 3.8) is 0 Å². The van der Waals surface area contributed by atoms with E-state index in [1.807, 2.05) is 45.9 Å². The lowest BCUT2D eigenvalue weighted by Crippen LogP contribution is -2.41. The van der Waals surface area contributed by atoms with Gasteiger partial charge < -0.3 is 14.0 Å². The zero-order valence-corrected chi connectivity index (χ0v) is 14.8. The van der Waals surface area contributed by atoms with Gasteiger partial charge in [0.2, 0.25) is 0 Å². The number of halogens is 2. The monoisotopic (exact) mass is 346 g/mol. The number of ether oxygens (including phenoxy) is 1. The maximum Gasteiger partial charge on any atom is 0.498 e. The molecular weight excluding hydrogens is 325 g/mol. The first kappa shape index (κ1) is 17.9. The van der Waals surface area contributed by atoms with Gasteiger partial charge >= 0.3 is 7.12 Å². The highest BCUT2D eigenvalue weighted by atomic mass is 19.1. The molecule has 0 amide bonds. The first-order valence-electron chi connectivity index (χ1n) is 8.21. The maximum atomic E-state index is 13.8. The second kappa shape index (κ2) is 6.43. The number of para-hydroxylation sites is 1. The van der Waals surface area contributed by atoms with E-state index in [9.17, 15) is 8.78 Å². The quantitative estimate of drug-likeness (QED) is 0.788. The van der Waals surface area contributed by atoms with Crippen molar-refractivity contribution in [2.45, 2.75) is 45.5 Å². The highest BCUT2D eigenvalue weighted by Crippen LogP contribution is 2.37. The van der Waals surface area contributed by atoms with E-state index >= 15 is 0 Å². The Kier molecular flexibility index (Phi) is 4.60. The summed E-state index contributed by atoms with van der Waals surface area (Å²) in [6.07, 6.45) is 0. The van der Waals surface area contributed by atoms with Crippen LogP contribution in [-0.4, -0.2) is 18.3 Å². The smallest absolute Gasteiger partial charge is 0.489 e. The molecule has 3 rings (SSSR count). The van der Waals surface area contributed by atoms with Gasteiger partial charge in [-0.15, -0.1) is 0 Å². The molecule has 0 aromatic heterocycles. The molecule has 0 atom stereocenters. The van der Waals surface area contributed by atoms with E-state index in [4.69, 9.17) is 14.0 Å². The number of benzene rings is 2. The summed E-state index contributed by atoms with van der Waals surface area (Å²) in [7, 11) is -0.570. The molecule has 25 heavy (non-hydrogen) atoms. The minimum Gasteiger partial charge on any atom is -0.489 e. The van der Waals surface area contributed by atoms with Crippen LogP contribution in [0.2, 0.25) is 0 Å². The molecule has 0 saturated carbocycles. The molecule has 1 fully saturated rings. The molecule has 0 unspecified atom stereocenters. The zero-order chi connectivity index (χ0) is 18.2. The summed E-state index contributed by atoms with van der Waals surface area (Å²) in [5.74, 6) is -0.697. The molecule has 1 aliphatic heterocycles. The van der Waals surface area contributed by atoms with Crippen LogP contribution in [0.25, 0.3) is 0 Å². The third kappa shape index (κ3) is 3.55. The first-order valence-corrected chi connectivity index (χ1v) is 8.21. The second-order valence-corrected chi connectivity index (χ2v) is 7.15. The maximum absolute atomic E-state index is 13.8. The predicted molar refractivity (Wildman–Crippen MR) is 92.8 cm³/mol. The Bertz CT molecular complexity index is 761. The summed E-state index contributed by atoms with van der Waals surface area (Å²) in [4.78, 5) is 0. The molecule has 132 valence electrons.